The quantitative estimate of drug-likeness (QED) is 0.511. The van der Waals surface area contributed by atoms with Gasteiger partial charge in [-0.3, -0.25) is 0 Å². The minimum atomic E-state index is 0.253. The number of aryl methyl sites for hydroxylation is 1. The second-order valence-corrected chi connectivity index (χ2v) is 7.29. The maximum Gasteiger partial charge on any atom is 0.228 e. The van der Waals surface area contributed by atoms with Crippen LogP contribution in [-0.4, -0.2) is 18.6 Å². The Morgan fingerprint density at radius 1 is 1.15 bits per heavy atom. The third-order valence-corrected chi connectivity index (χ3v) is 4.98. The van der Waals surface area contributed by atoms with E-state index in [1.807, 2.05) is 24.3 Å². The smallest absolute Gasteiger partial charge is 0.228 e. The lowest BCUT2D eigenvalue weighted by molar-refractivity contribution is 0.586. The molecule has 0 unspecified atom stereocenters. The van der Waals surface area contributed by atoms with Crippen LogP contribution in [0.3, 0.4) is 0 Å². The molecule has 26 heavy (non-hydrogen) atoms. The fourth-order valence-corrected chi connectivity index (χ4v) is 3.29. The van der Waals surface area contributed by atoms with Gasteiger partial charge in [-0.05, 0) is 55.7 Å². The maximum atomic E-state index is 6.34. The van der Waals surface area contributed by atoms with E-state index in [0.717, 1.165) is 29.1 Å². The third kappa shape index (κ3) is 3.49. The van der Waals surface area contributed by atoms with Gasteiger partial charge in [0.25, 0.3) is 0 Å². The van der Waals surface area contributed by atoms with Crippen molar-refractivity contribution in [3.63, 3.8) is 0 Å². The Labute approximate surface area is 160 Å². The zero-order chi connectivity index (χ0) is 18.8. The number of anilines is 1. The van der Waals surface area contributed by atoms with Gasteiger partial charge >= 0.3 is 0 Å². The van der Waals surface area contributed by atoms with Crippen LogP contribution in [0.2, 0.25) is 5.02 Å². The van der Waals surface area contributed by atoms with E-state index in [1.165, 1.54) is 11.3 Å². The molecule has 0 radical (unpaired) electrons. The van der Waals surface area contributed by atoms with Crippen LogP contribution in [0, 0.1) is 6.92 Å². The van der Waals surface area contributed by atoms with Crippen molar-refractivity contribution in [2.45, 2.75) is 33.6 Å². The number of nitrogens with zero attached hydrogens (tertiary/aromatic N) is 2. The summed E-state index contributed by atoms with van der Waals surface area (Å²) in [6.07, 6.45) is 0. The van der Waals surface area contributed by atoms with Crippen LogP contribution >= 0.6 is 11.6 Å². The van der Waals surface area contributed by atoms with Crippen LogP contribution in [-0.2, 0) is 0 Å². The first-order valence-electron chi connectivity index (χ1n) is 9.00. The topological polar surface area (TPSA) is 29.3 Å². The lowest BCUT2D eigenvalue weighted by Gasteiger charge is -2.19. The van der Waals surface area contributed by atoms with Crippen molar-refractivity contribution in [2.24, 2.45) is 0 Å². The number of hydrogen-bond donors (Lipinski definition) is 0. The molecule has 4 heteroatoms. The molecular formula is C22H25ClN2O. The van der Waals surface area contributed by atoms with Crippen molar-refractivity contribution in [3.05, 3.63) is 58.7 Å². The molecule has 0 fully saturated rings. The number of rotatable bonds is 5. The summed E-state index contributed by atoms with van der Waals surface area (Å²) in [6, 6.07) is 14.1. The van der Waals surface area contributed by atoms with E-state index in [2.05, 4.69) is 57.8 Å². The average Bonchev–Trinajstić information content (AvgIpc) is 3.07. The molecule has 0 aliphatic heterocycles. The summed E-state index contributed by atoms with van der Waals surface area (Å²) in [7, 11) is 2.10. The van der Waals surface area contributed by atoms with Gasteiger partial charge in [0.1, 0.15) is 0 Å². The zero-order valence-electron chi connectivity index (χ0n) is 16.0. The Morgan fingerprint density at radius 2 is 1.88 bits per heavy atom. The van der Waals surface area contributed by atoms with Crippen molar-refractivity contribution >= 4 is 17.3 Å². The summed E-state index contributed by atoms with van der Waals surface area (Å²) in [4.78, 5) is 6.99. The van der Waals surface area contributed by atoms with Gasteiger partial charge in [0, 0.05) is 24.8 Å². The van der Waals surface area contributed by atoms with Crippen LogP contribution in [0.5, 0.6) is 0 Å². The molecule has 0 N–H and O–H groups in total. The molecule has 0 amide bonds. The van der Waals surface area contributed by atoms with Gasteiger partial charge in [-0.25, -0.2) is 4.98 Å². The van der Waals surface area contributed by atoms with E-state index >= 15 is 0 Å². The average molecular weight is 369 g/mol. The van der Waals surface area contributed by atoms with E-state index in [9.17, 15) is 0 Å². The van der Waals surface area contributed by atoms with Crippen LogP contribution in [0.25, 0.3) is 22.8 Å². The highest BCUT2D eigenvalue weighted by Crippen LogP contribution is 2.37. The van der Waals surface area contributed by atoms with Crippen molar-refractivity contribution in [1.29, 1.82) is 0 Å². The van der Waals surface area contributed by atoms with Crippen LogP contribution in [0.4, 0.5) is 5.69 Å². The predicted octanol–water partition coefficient (Wildman–Crippen LogP) is 6.55. The van der Waals surface area contributed by atoms with Gasteiger partial charge in [-0.1, -0.05) is 37.6 Å². The second kappa shape index (κ2) is 7.55. The van der Waals surface area contributed by atoms with Gasteiger partial charge in [0.15, 0.2) is 5.76 Å². The van der Waals surface area contributed by atoms with Crippen LogP contribution < -0.4 is 4.90 Å². The molecular weight excluding hydrogens is 344 g/mol. The first-order valence-corrected chi connectivity index (χ1v) is 9.38. The van der Waals surface area contributed by atoms with Crippen molar-refractivity contribution in [2.75, 3.05) is 18.5 Å². The number of hydrogen-bond acceptors (Lipinski definition) is 3. The summed E-state index contributed by atoms with van der Waals surface area (Å²) in [6.45, 7) is 9.51. The Kier molecular flexibility index (Phi) is 5.38. The van der Waals surface area contributed by atoms with E-state index in [0.29, 0.717) is 10.9 Å². The first kappa shape index (κ1) is 18.5. The minimum Gasteiger partial charge on any atom is -0.436 e. The molecule has 1 heterocycles. The van der Waals surface area contributed by atoms with Crippen molar-refractivity contribution in [3.8, 4) is 22.8 Å². The Bertz CT molecular complexity index is 914. The first-order chi connectivity index (χ1) is 12.4. The summed E-state index contributed by atoms with van der Waals surface area (Å²) < 4.78 is 6.20. The predicted molar refractivity (Wildman–Crippen MR) is 110 cm³/mol. The fourth-order valence-electron chi connectivity index (χ4n) is 3.08. The van der Waals surface area contributed by atoms with E-state index in [1.54, 1.807) is 0 Å². The molecule has 3 rings (SSSR count). The lowest BCUT2D eigenvalue weighted by atomic mass is 10.0. The van der Waals surface area contributed by atoms with E-state index < -0.39 is 0 Å². The normalized spacial score (nSPS) is 11.2. The van der Waals surface area contributed by atoms with Gasteiger partial charge in [-0.2, -0.15) is 0 Å². The van der Waals surface area contributed by atoms with E-state index in [4.69, 9.17) is 21.0 Å². The molecule has 0 bridgehead atoms. The molecule has 0 spiro atoms. The van der Waals surface area contributed by atoms with Gasteiger partial charge in [0.05, 0.1) is 16.3 Å². The SMILES string of the molecule is CCN(C)c1ccc(-c2oc(-c3ccccc3Cl)nc2C(C)C)cc1C. The summed E-state index contributed by atoms with van der Waals surface area (Å²) >= 11 is 6.34. The lowest BCUT2D eigenvalue weighted by Crippen LogP contribution is -2.16. The number of benzene rings is 2. The largest absolute Gasteiger partial charge is 0.436 e. The Hall–Kier alpha value is -2.26. The number of aromatic nitrogens is 1. The fraction of sp³-hybridized carbons (Fsp3) is 0.318. The third-order valence-electron chi connectivity index (χ3n) is 4.65. The molecule has 0 saturated carbocycles. The molecule has 0 aliphatic rings. The molecule has 136 valence electrons. The minimum absolute atomic E-state index is 0.253. The molecule has 0 atom stereocenters. The number of oxazole rings is 1. The summed E-state index contributed by atoms with van der Waals surface area (Å²) in [5.74, 6) is 1.65. The van der Waals surface area contributed by atoms with Crippen molar-refractivity contribution in [1.82, 2.24) is 4.98 Å². The van der Waals surface area contributed by atoms with E-state index in [-0.39, 0.29) is 5.92 Å². The molecule has 0 saturated heterocycles. The molecule has 0 aliphatic carbocycles. The highest BCUT2D eigenvalue weighted by atomic mass is 35.5. The standard InChI is InChI=1S/C22H25ClN2O/c1-6-25(5)19-12-11-16(13-15(19)4)21-20(14(2)3)24-22(26-21)17-9-7-8-10-18(17)23/h7-14H,6H2,1-5H3. The van der Waals surface area contributed by atoms with Gasteiger partial charge < -0.3 is 9.32 Å². The van der Waals surface area contributed by atoms with Crippen molar-refractivity contribution < 1.29 is 4.42 Å². The Balaban J connectivity index is 2.10. The molecule has 1 aromatic heterocycles. The highest BCUT2D eigenvalue weighted by molar-refractivity contribution is 6.33. The second-order valence-electron chi connectivity index (χ2n) is 6.88. The molecule has 3 aromatic rings. The molecule has 3 nitrogen and oxygen atoms in total. The zero-order valence-corrected chi connectivity index (χ0v) is 16.8. The maximum absolute atomic E-state index is 6.34. The Morgan fingerprint density at radius 3 is 2.50 bits per heavy atom. The van der Waals surface area contributed by atoms with Crippen LogP contribution in [0.15, 0.2) is 46.9 Å². The van der Waals surface area contributed by atoms with Crippen LogP contribution in [0.1, 0.15) is 37.9 Å². The monoisotopic (exact) mass is 368 g/mol. The van der Waals surface area contributed by atoms with Gasteiger partial charge in [-0.15, -0.1) is 0 Å². The summed E-state index contributed by atoms with van der Waals surface area (Å²) in [5.41, 5.74) is 5.27. The van der Waals surface area contributed by atoms with Gasteiger partial charge in [0.2, 0.25) is 5.89 Å². The highest BCUT2D eigenvalue weighted by Gasteiger charge is 2.20. The number of halogens is 1. The summed E-state index contributed by atoms with van der Waals surface area (Å²) in [5, 5.41) is 0.645. The molecule has 2 aromatic carbocycles.